The minimum absolute atomic E-state index is 0.00952. The topological polar surface area (TPSA) is 74.7 Å². The minimum Gasteiger partial charge on any atom is -0.480 e. The number of nitrogens with zero attached hydrogens (tertiary/aromatic N) is 1. The van der Waals surface area contributed by atoms with E-state index in [-0.39, 0.29) is 23.2 Å². The fourth-order valence-corrected chi connectivity index (χ4v) is 3.16. The summed E-state index contributed by atoms with van der Waals surface area (Å²) in [6, 6.07) is 6.78. The highest BCUT2D eigenvalue weighted by Crippen LogP contribution is 2.35. The first kappa shape index (κ1) is 13.9. The Hall–Kier alpha value is -1.56. The van der Waals surface area contributed by atoms with Crippen LogP contribution in [0.1, 0.15) is 19.8 Å². The Morgan fingerprint density at radius 1 is 1.37 bits per heavy atom. The second-order valence-electron chi connectivity index (χ2n) is 4.62. The molecule has 0 radical (unpaired) electrons. The zero-order valence-electron chi connectivity index (χ0n) is 10.7. The Morgan fingerprint density at radius 2 is 2.00 bits per heavy atom. The standard InChI is InChI=1S/C13H17NO4S/c1-2-19(17,18)12-6-4-3-5-11(12)14(9-13(15)16)10-7-8-10/h3-6,10H,2,7-9H2,1H3,(H,15,16). The Labute approximate surface area is 112 Å². The average molecular weight is 283 g/mol. The number of aliphatic carboxylic acids is 1. The second-order valence-corrected chi connectivity index (χ2v) is 6.87. The predicted molar refractivity (Wildman–Crippen MR) is 72.2 cm³/mol. The zero-order valence-corrected chi connectivity index (χ0v) is 11.6. The normalized spacial score (nSPS) is 15.2. The largest absolute Gasteiger partial charge is 0.480 e. The molecule has 1 fully saturated rings. The van der Waals surface area contributed by atoms with Crippen LogP contribution in [-0.2, 0) is 14.6 Å². The van der Waals surface area contributed by atoms with Gasteiger partial charge < -0.3 is 10.0 Å². The number of para-hydroxylation sites is 1. The molecule has 0 spiro atoms. The molecule has 1 aromatic carbocycles. The van der Waals surface area contributed by atoms with E-state index in [0.717, 1.165) is 12.8 Å². The van der Waals surface area contributed by atoms with E-state index in [4.69, 9.17) is 5.11 Å². The summed E-state index contributed by atoms with van der Waals surface area (Å²) in [4.78, 5) is 12.9. The van der Waals surface area contributed by atoms with Gasteiger partial charge in [-0.25, -0.2) is 8.42 Å². The quantitative estimate of drug-likeness (QED) is 0.857. The third-order valence-corrected chi connectivity index (χ3v) is 4.96. The number of hydrogen-bond acceptors (Lipinski definition) is 4. The van der Waals surface area contributed by atoms with E-state index in [2.05, 4.69) is 0 Å². The van der Waals surface area contributed by atoms with Crippen molar-refractivity contribution in [3.8, 4) is 0 Å². The molecule has 1 aliphatic carbocycles. The van der Waals surface area contributed by atoms with Gasteiger partial charge in [-0.15, -0.1) is 0 Å². The highest BCUT2D eigenvalue weighted by Gasteiger charge is 2.33. The number of sulfone groups is 1. The Balaban J connectivity index is 2.45. The summed E-state index contributed by atoms with van der Waals surface area (Å²) in [6.07, 6.45) is 1.82. The maximum atomic E-state index is 12.1. The monoisotopic (exact) mass is 283 g/mol. The number of anilines is 1. The maximum absolute atomic E-state index is 12.1. The SMILES string of the molecule is CCS(=O)(=O)c1ccccc1N(CC(=O)O)C1CC1. The number of carboxylic acid groups (broad SMARTS) is 1. The van der Waals surface area contributed by atoms with Crippen LogP contribution in [-0.4, -0.2) is 37.8 Å². The molecule has 0 atom stereocenters. The molecule has 0 saturated heterocycles. The Kier molecular flexibility index (Phi) is 3.80. The Morgan fingerprint density at radius 3 is 2.53 bits per heavy atom. The van der Waals surface area contributed by atoms with Crippen molar-refractivity contribution >= 4 is 21.5 Å². The zero-order chi connectivity index (χ0) is 14.0. The molecule has 6 heteroatoms. The summed E-state index contributed by atoms with van der Waals surface area (Å²) in [5.74, 6) is -0.939. The molecule has 0 amide bonds. The van der Waals surface area contributed by atoms with Gasteiger partial charge in [0.1, 0.15) is 6.54 Å². The van der Waals surface area contributed by atoms with E-state index in [0.29, 0.717) is 5.69 Å². The highest BCUT2D eigenvalue weighted by molar-refractivity contribution is 7.91. The molecule has 0 unspecified atom stereocenters. The molecule has 1 N–H and O–H groups in total. The summed E-state index contributed by atoms with van der Waals surface area (Å²) in [6.45, 7) is 1.42. The van der Waals surface area contributed by atoms with Crippen LogP contribution >= 0.6 is 0 Å². The number of hydrogen-bond donors (Lipinski definition) is 1. The minimum atomic E-state index is -3.35. The van der Waals surface area contributed by atoms with Gasteiger partial charge in [0.15, 0.2) is 9.84 Å². The molecular weight excluding hydrogens is 266 g/mol. The molecule has 5 nitrogen and oxygen atoms in total. The first-order valence-electron chi connectivity index (χ1n) is 6.26. The fraction of sp³-hybridized carbons (Fsp3) is 0.462. The van der Waals surface area contributed by atoms with Crippen LogP contribution in [0, 0.1) is 0 Å². The van der Waals surface area contributed by atoms with Crippen molar-refractivity contribution in [3.05, 3.63) is 24.3 Å². The van der Waals surface area contributed by atoms with Crippen LogP contribution < -0.4 is 4.90 Å². The van der Waals surface area contributed by atoms with Crippen molar-refractivity contribution in [2.75, 3.05) is 17.2 Å². The summed E-state index contributed by atoms with van der Waals surface area (Å²) in [5.41, 5.74) is 0.509. The molecule has 0 bridgehead atoms. The molecule has 1 saturated carbocycles. The third-order valence-electron chi connectivity index (χ3n) is 3.18. The molecule has 2 rings (SSSR count). The first-order valence-corrected chi connectivity index (χ1v) is 7.91. The number of carboxylic acids is 1. The van der Waals surface area contributed by atoms with Crippen molar-refractivity contribution in [1.29, 1.82) is 0 Å². The van der Waals surface area contributed by atoms with Gasteiger partial charge in [0, 0.05) is 6.04 Å². The number of rotatable bonds is 6. The van der Waals surface area contributed by atoms with Crippen LogP contribution in [0.25, 0.3) is 0 Å². The van der Waals surface area contributed by atoms with Crippen molar-refractivity contribution in [2.24, 2.45) is 0 Å². The van der Waals surface area contributed by atoms with Crippen LogP contribution in [0.2, 0.25) is 0 Å². The second kappa shape index (κ2) is 5.21. The van der Waals surface area contributed by atoms with E-state index in [1.165, 1.54) is 0 Å². The van der Waals surface area contributed by atoms with Gasteiger partial charge in [0.25, 0.3) is 0 Å². The van der Waals surface area contributed by atoms with Crippen LogP contribution in [0.3, 0.4) is 0 Å². The molecule has 0 aromatic heterocycles. The highest BCUT2D eigenvalue weighted by atomic mass is 32.2. The van der Waals surface area contributed by atoms with E-state index in [1.807, 2.05) is 0 Å². The van der Waals surface area contributed by atoms with E-state index in [9.17, 15) is 13.2 Å². The lowest BCUT2D eigenvalue weighted by molar-refractivity contribution is -0.135. The van der Waals surface area contributed by atoms with Crippen molar-refractivity contribution in [1.82, 2.24) is 0 Å². The van der Waals surface area contributed by atoms with E-state index < -0.39 is 15.8 Å². The lowest BCUT2D eigenvalue weighted by Gasteiger charge is -2.24. The fourth-order valence-electron chi connectivity index (χ4n) is 2.06. The predicted octanol–water partition coefficient (Wildman–Crippen LogP) is 1.53. The summed E-state index contributed by atoms with van der Waals surface area (Å²) in [7, 11) is -3.35. The summed E-state index contributed by atoms with van der Waals surface area (Å²) in [5, 5.41) is 8.98. The first-order chi connectivity index (χ1) is 8.95. The summed E-state index contributed by atoms with van der Waals surface area (Å²) >= 11 is 0. The van der Waals surface area contributed by atoms with Crippen LogP contribution in [0.5, 0.6) is 0 Å². The van der Waals surface area contributed by atoms with Gasteiger partial charge in [-0.05, 0) is 25.0 Å². The molecular formula is C13H17NO4S. The van der Waals surface area contributed by atoms with Gasteiger partial charge in [-0.2, -0.15) is 0 Å². The van der Waals surface area contributed by atoms with Crippen molar-refractivity contribution < 1.29 is 18.3 Å². The maximum Gasteiger partial charge on any atom is 0.323 e. The number of carbonyl (C=O) groups is 1. The lowest BCUT2D eigenvalue weighted by Crippen LogP contribution is -2.32. The van der Waals surface area contributed by atoms with Gasteiger partial charge in [-0.3, -0.25) is 4.79 Å². The van der Waals surface area contributed by atoms with Crippen molar-refractivity contribution in [2.45, 2.75) is 30.7 Å². The molecule has 19 heavy (non-hydrogen) atoms. The Bertz CT molecular complexity index is 578. The van der Waals surface area contributed by atoms with Crippen molar-refractivity contribution in [3.63, 3.8) is 0 Å². The molecule has 0 heterocycles. The van der Waals surface area contributed by atoms with Gasteiger partial charge in [0.2, 0.25) is 0 Å². The average Bonchev–Trinajstić information content (AvgIpc) is 3.20. The van der Waals surface area contributed by atoms with Gasteiger partial charge >= 0.3 is 5.97 Å². The number of benzene rings is 1. The smallest absolute Gasteiger partial charge is 0.323 e. The third kappa shape index (κ3) is 3.07. The molecule has 1 aliphatic rings. The van der Waals surface area contributed by atoms with Gasteiger partial charge in [-0.1, -0.05) is 19.1 Å². The molecule has 104 valence electrons. The van der Waals surface area contributed by atoms with Crippen LogP contribution in [0.15, 0.2) is 29.2 Å². The lowest BCUT2D eigenvalue weighted by atomic mass is 10.2. The molecule has 1 aromatic rings. The van der Waals surface area contributed by atoms with Crippen LogP contribution in [0.4, 0.5) is 5.69 Å². The molecule has 0 aliphatic heterocycles. The van der Waals surface area contributed by atoms with E-state index in [1.54, 1.807) is 36.1 Å². The summed E-state index contributed by atoms with van der Waals surface area (Å²) < 4.78 is 24.2. The van der Waals surface area contributed by atoms with E-state index >= 15 is 0 Å². The van der Waals surface area contributed by atoms with Gasteiger partial charge in [0.05, 0.1) is 16.3 Å².